The lowest BCUT2D eigenvalue weighted by atomic mass is 9.85. The molecular weight excluding hydrogens is 323 g/mol. The minimum absolute atomic E-state index is 0.124. The van der Waals surface area contributed by atoms with Gasteiger partial charge in [-0.15, -0.1) is 0 Å². The molecule has 126 valence electrons. The summed E-state index contributed by atoms with van der Waals surface area (Å²) in [6.07, 6.45) is 1.89. The smallest absolute Gasteiger partial charge is 0.226 e. The van der Waals surface area contributed by atoms with Crippen LogP contribution in [0.25, 0.3) is 11.3 Å². The quantitative estimate of drug-likeness (QED) is 0.769. The third-order valence-corrected chi connectivity index (χ3v) is 4.30. The second kappa shape index (κ2) is 6.01. The number of aromatic nitrogens is 3. The highest BCUT2D eigenvalue weighted by molar-refractivity contribution is 5.96. The molecule has 1 atom stereocenters. The van der Waals surface area contributed by atoms with Crippen molar-refractivity contribution in [1.82, 2.24) is 15.2 Å². The minimum atomic E-state index is -0.309. The fourth-order valence-electron chi connectivity index (χ4n) is 3.20. The van der Waals surface area contributed by atoms with Crippen LogP contribution in [0.1, 0.15) is 23.5 Å². The molecule has 0 bridgehead atoms. The number of rotatable bonds is 3. The van der Waals surface area contributed by atoms with E-state index in [1.807, 2.05) is 12.1 Å². The summed E-state index contributed by atoms with van der Waals surface area (Å²) >= 11 is 0. The molecule has 0 fully saturated rings. The van der Waals surface area contributed by atoms with Crippen LogP contribution in [0, 0.1) is 5.82 Å². The van der Waals surface area contributed by atoms with Gasteiger partial charge in [0.15, 0.2) is 5.82 Å². The summed E-state index contributed by atoms with van der Waals surface area (Å²) < 4.78 is 18.6. The minimum Gasteiger partial charge on any atom is -0.481 e. The lowest BCUT2D eigenvalue weighted by Crippen LogP contribution is -2.23. The van der Waals surface area contributed by atoms with E-state index < -0.39 is 0 Å². The van der Waals surface area contributed by atoms with Gasteiger partial charge in [0.1, 0.15) is 5.82 Å². The Balaban J connectivity index is 1.88. The molecular formula is C18H15FN4O2. The van der Waals surface area contributed by atoms with Crippen molar-refractivity contribution in [3.8, 4) is 17.1 Å². The van der Waals surface area contributed by atoms with Crippen LogP contribution in [0.2, 0.25) is 0 Å². The average Bonchev–Trinajstić information content (AvgIpc) is 3.05. The molecule has 6 nitrogen and oxygen atoms in total. The summed E-state index contributed by atoms with van der Waals surface area (Å²) in [5.41, 5.74) is 3.19. The number of methoxy groups -OCH3 is 1. The van der Waals surface area contributed by atoms with Crippen molar-refractivity contribution >= 4 is 11.7 Å². The van der Waals surface area contributed by atoms with Gasteiger partial charge in [-0.25, -0.2) is 9.37 Å². The molecule has 1 aliphatic rings. The Morgan fingerprint density at radius 1 is 1.24 bits per heavy atom. The number of H-pyrrole nitrogens is 1. The van der Waals surface area contributed by atoms with Crippen LogP contribution in [0.5, 0.6) is 5.88 Å². The van der Waals surface area contributed by atoms with Crippen molar-refractivity contribution in [1.29, 1.82) is 0 Å². The van der Waals surface area contributed by atoms with Gasteiger partial charge >= 0.3 is 0 Å². The number of halogens is 1. The van der Waals surface area contributed by atoms with Gasteiger partial charge in [0.25, 0.3) is 0 Å². The van der Waals surface area contributed by atoms with Gasteiger partial charge in [-0.3, -0.25) is 9.89 Å². The van der Waals surface area contributed by atoms with E-state index in [9.17, 15) is 9.18 Å². The summed E-state index contributed by atoms with van der Waals surface area (Å²) in [6.45, 7) is 0. The van der Waals surface area contributed by atoms with E-state index >= 15 is 0 Å². The highest BCUT2D eigenvalue weighted by Gasteiger charge is 2.33. The second-order valence-corrected chi connectivity index (χ2v) is 5.77. The number of nitrogens with one attached hydrogen (secondary N) is 2. The molecule has 4 rings (SSSR count). The zero-order chi connectivity index (χ0) is 17.4. The maximum absolute atomic E-state index is 13.3. The van der Waals surface area contributed by atoms with Crippen molar-refractivity contribution in [3.05, 3.63) is 59.5 Å². The van der Waals surface area contributed by atoms with E-state index in [1.165, 1.54) is 12.1 Å². The Hall–Kier alpha value is -3.22. The Morgan fingerprint density at radius 2 is 2.04 bits per heavy atom. The van der Waals surface area contributed by atoms with Crippen LogP contribution in [-0.2, 0) is 4.79 Å². The SMILES string of the molecule is COc1ncccc1[C@@H]1CC(=O)Nc2n[nH]c(-c3ccc(F)cc3)c21. The normalized spacial score (nSPS) is 16.2. The average molecular weight is 338 g/mol. The Morgan fingerprint density at radius 3 is 2.80 bits per heavy atom. The second-order valence-electron chi connectivity index (χ2n) is 5.77. The first-order chi connectivity index (χ1) is 12.2. The van der Waals surface area contributed by atoms with Crippen LogP contribution in [0.3, 0.4) is 0 Å². The molecule has 2 N–H and O–H groups in total. The Kier molecular flexibility index (Phi) is 3.68. The molecule has 0 spiro atoms. The molecule has 3 heterocycles. The predicted molar refractivity (Wildman–Crippen MR) is 89.9 cm³/mol. The van der Waals surface area contributed by atoms with Gasteiger partial charge in [-0.05, 0) is 30.3 Å². The molecule has 1 aliphatic heterocycles. The Bertz CT molecular complexity index is 937. The summed E-state index contributed by atoms with van der Waals surface area (Å²) in [5, 5.41) is 9.97. The van der Waals surface area contributed by atoms with Crippen molar-refractivity contribution in [2.45, 2.75) is 12.3 Å². The molecule has 0 aliphatic carbocycles. The van der Waals surface area contributed by atoms with Crippen LogP contribution < -0.4 is 10.1 Å². The van der Waals surface area contributed by atoms with Crippen LogP contribution in [0.15, 0.2) is 42.6 Å². The molecule has 3 aromatic rings. The van der Waals surface area contributed by atoms with Gasteiger partial charge in [0, 0.05) is 35.2 Å². The number of anilines is 1. The van der Waals surface area contributed by atoms with Gasteiger partial charge in [0.05, 0.1) is 12.8 Å². The topological polar surface area (TPSA) is 79.9 Å². The van der Waals surface area contributed by atoms with Crippen LogP contribution >= 0.6 is 0 Å². The summed E-state index contributed by atoms with van der Waals surface area (Å²) in [7, 11) is 1.55. The number of carbonyl (C=O) groups excluding carboxylic acids is 1. The number of ether oxygens (including phenoxy) is 1. The largest absolute Gasteiger partial charge is 0.481 e. The molecule has 25 heavy (non-hydrogen) atoms. The van der Waals surface area contributed by atoms with Crippen molar-refractivity contribution in [2.75, 3.05) is 12.4 Å². The van der Waals surface area contributed by atoms with E-state index in [2.05, 4.69) is 20.5 Å². The summed E-state index contributed by atoms with van der Waals surface area (Å²) in [4.78, 5) is 16.4. The molecule has 0 saturated carbocycles. The number of aromatic amines is 1. The number of amides is 1. The first-order valence-electron chi connectivity index (χ1n) is 7.80. The van der Waals surface area contributed by atoms with Crippen molar-refractivity contribution < 1.29 is 13.9 Å². The van der Waals surface area contributed by atoms with E-state index in [-0.39, 0.29) is 24.1 Å². The molecule has 7 heteroatoms. The van der Waals surface area contributed by atoms with Crippen molar-refractivity contribution in [3.63, 3.8) is 0 Å². The third kappa shape index (κ3) is 2.63. The maximum atomic E-state index is 13.3. The predicted octanol–water partition coefficient (Wildman–Crippen LogP) is 3.09. The highest BCUT2D eigenvalue weighted by atomic mass is 19.1. The molecule has 1 amide bonds. The van der Waals surface area contributed by atoms with Crippen molar-refractivity contribution in [2.24, 2.45) is 0 Å². The van der Waals surface area contributed by atoms with E-state index in [1.54, 1.807) is 25.4 Å². The molecule has 1 aromatic carbocycles. The summed E-state index contributed by atoms with van der Waals surface area (Å²) in [6, 6.07) is 9.84. The molecule has 0 radical (unpaired) electrons. The van der Waals surface area contributed by atoms with E-state index in [4.69, 9.17) is 4.74 Å². The van der Waals surface area contributed by atoms with E-state index in [0.717, 1.165) is 22.4 Å². The molecule has 0 saturated heterocycles. The highest BCUT2D eigenvalue weighted by Crippen LogP contribution is 2.43. The Labute approximate surface area is 143 Å². The monoisotopic (exact) mass is 338 g/mol. The maximum Gasteiger partial charge on any atom is 0.226 e. The zero-order valence-corrected chi connectivity index (χ0v) is 13.4. The first kappa shape index (κ1) is 15.3. The number of hydrogen-bond donors (Lipinski definition) is 2. The number of hydrogen-bond acceptors (Lipinski definition) is 4. The summed E-state index contributed by atoms with van der Waals surface area (Å²) in [5.74, 6) is 0.258. The standard InChI is InChI=1S/C18H15FN4O2/c1-25-18-12(3-2-8-20-18)13-9-14(24)21-17-15(13)16(22-23-17)10-4-6-11(19)7-5-10/h2-8,13H,9H2,1H3,(H2,21,22,23,24)/t13-/m0/s1. The number of carbonyl (C=O) groups is 1. The van der Waals surface area contributed by atoms with Crippen LogP contribution in [0.4, 0.5) is 10.2 Å². The van der Waals surface area contributed by atoms with Gasteiger partial charge in [-0.2, -0.15) is 5.10 Å². The fourth-order valence-corrected chi connectivity index (χ4v) is 3.20. The number of pyridine rings is 1. The van der Waals surface area contributed by atoms with Gasteiger partial charge in [0.2, 0.25) is 11.8 Å². The van der Waals surface area contributed by atoms with Crippen LogP contribution in [-0.4, -0.2) is 28.2 Å². The van der Waals surface area contributed by atoms with Gasteiger partial charge < -0.3 is 10.1 Å². The molecule has 2 aromatic heterocycles. The van der Waals surface area contributed by atoms with E-state index in [0.29, 0.717) is 11.7 Å². The lowest BCUT2D eigenvalue weighted by molar-refractivity contribution is -0.116. The number of nitrogens with zero attached hydrogens (tertiary/aromatic N) is 2. The first-order valence-corrected chi connectivity index (χ1v) is 7.80. The third-order valence-electron chi connectivity index (χ3n) is 4.30. The number of benzene rings is 1. The lowest BCUT2D eigenvalue weighted by Gasteiger charge is -2.24. The van der Waals surface area contributed by atoms with Gasteiger partial charge in [-0.1, -0.05) is 6.07 Å². The zero-order valence-electron chi connectivity index (χ0n) is 13.4. The number of fused-ring (bicyclic) bond motifs is 1. The fraction of sp³-hybridized carbons (Fsp3) is 0.167. The molecule has 0 unspecified atom stereocenters.